The summed E-state index contributed by atoms with van der Waals surface area (Å²) in [5.41, 5.74) is 0. The molecule has 2 fully saturated rings. The van der Waals surface area contributed by atoms with Gasteiger partial charge in [-0.25, -0.2) is 12.8 Å². The lowest BCUT2D eigenvalue weighted by molar-refractivity contribution is -0.136. The normalized spacial score (nSPS) is 20.0. The Morgan fingerprint density at radius 2 is 1.75 bits per heavy atom. The van der Waals surface area contributed by atoms with Crippen LogP contribution in [0.15, 0.2) is 29.2 Å². The molecule has 2 heterocycles. The summed E-state index contributed by atoms with van der Waals surface area (Å²) in [6, 6.07) is 4.84. The van der Waals surface area contributed by atoms with Crippen LogP contribution in [-0.2, 0) is 14.8 Å². The second kappa shape index (κ2) is 7.77. The number of nitrogens with one attached hydrogen (secondary N) is 1. The zero-order chi connectivity index (χ0) is 16.4. The maximum atomic E-state index is 13.0. The van der Waals surface area contributed by atoms with Gasteiger partial charge >= 0.3 is 0 Å². The van der Waals surface area contributed by atoms with E-state index >= 15 is 0 Å². The molecule has 2 aliphatic heterocycles. The lowest BCUT2D eigenvalue weighted by atomic mass is 10.0. The van der Waals surface area contributed by atoms with Gasteiger partial charge in [-0.15, -0.1) is 12.4 Å². The molecule has 0 radical (unpaired) electrons. The summed E-state index contributed by atoms with van der Waals surface area (Å²) in [6.45, 7) is 3.01. The third-order valence-electron chi connectivity index (χ3n) is 4.35. The average Bonchev–Trinajstić information content (AvgIpc) is 2.72. The first-order valence-electron chi connectivity index (χ1n) is 7.74. The van der Waals surface area contributed by atoms with Crippen LogP contribution < -0.4 is 5.32 Å². The Morgan fingerprint density at radius 3 is 2.33 bits per heavy atom. The minimum Gasteiger partial charge on any atom is -0.341 e. The monoisotopic (exact) mass is 377 g/mol. The smallest absolute Gasteiger partial charge is 0.243 e. The van der Waals surface area contributed by atoms with E-state index < -0.39 is 15.8 Å². The van der Waals surface area contributed by atoms with E-state index in [0.717, 1.165) is 12.1 Å². The van der Waals surface area contributed by atoms with Gasteiger partial charge in [0.1, 0.15) is 5.82 Å². The fraction of sp³-hybridized carbons (Fsp3) is 0.533. The number of halogens is 2. The molecule has 1 aromatic carbocycles. The van der Waals surface area contributed by atoms with Gasteiger partial charge in [0, 0.05) is 39.3 Å². The number of hydrogen-bond acceptors (Lipinski definition) is 4. The molecule has 9 heteroatoms. The molecule has 3 rings (SSSR count). The molecule has 0 aliphatic carbocycles. The van der Waals surface area contributed by atoms with Crippen molar-refractivity contribution in [2.45, 2.75) is 11.3 Å². The fourth-order valence-corrected chi connectivity index (χ4v) is 4.30. The maximum absolute atomic E-state index is 13.0. The SMILES string of the molecule is Cl.O=C(C1CNC1)N1CCCN(S(=O)(=O)c2ccc(F)cc2)CC1. The van der Waals surface area contributed by atoms with Crippen molar-refractivity contribution < 1.29 is 17.6 Å². The number of carbonyl (C=O) groups is 1. The molecule has 1 N–H and O–H groups in total. The Morgan fingerprint density at radius 1 is 1.08 bits per heavy atom. The Bertz CT molecular complexity index is 680. The van der Waals surface area contributed by atoms with Crippen LogP contribution >= 0.6 is 12.4 Å². The molecule has 1 amide bonds. The number of nitrogens with zero attached hydrogens (tertiary/aromatic N) is 2. The molecular weight excluding hydrogens is 357 g/mol. The predicted molar refractivity (Wildman–Crippen MR) is 90.0 cm³/mol. The van der Waals surface area contributed by atoms with Gasteiger partial charge in [-0.3, -0.25) is 4.79 Å². The minimum absolute atomic E-state index is 0. The van der Waals surface area contributed by atoms with Gasteiger partial charge < -0.3 is 10.2 Å². The van der Waals surface area contributed by atoms with Crippen molar-refractivity contribution in [2.75, 3.05) is 39.3 Å². The Labute approximate surface area is 147 Å². The molecule has 0 unspecified atom stereocenters. The molecular formula is C15H21ClFN3O3S. The first kappa shape index (κ1) is 19.1. The fourth-order valence-electron chi connectivity index (χ4n) is 2.83. The molecule has 0 saturated carbocycles. The van der Waals surface area contributed by atoms with Crippen molar-refractivity contribution in [1.82, 2.24) is 14.5 Å². The van der Waals surface area contributed by atoms with Crippen molar-refractivity contribution in [3.05, 3.63) is 30.1 Å². The van der Waals surface area contributed by atoms with E-state index in [1.165, 1.54) is 16.4 Å². The first-order valence-corrected chi connectivity index (χ1v) is 9.18. The molecule has 24 heavy (non-hydrogen) atoms. The molecule has 0 spiro atoms. The van der Waals surface area contributed by atoms with Gasteiger partial charge in [-0.2, -0.15) is 4.31 Å². The summed E-state index contributed by atoms with van der Waals surface area (Å²) in [4.78, 5) is 14.1. The van der Waals surface area contributed by atoms with Gasteiger partial charge in [-0.05, 0) is 30.7 Å². The van der Waals surface area contributed by atoms with Gasteiger partial charge in [0.15, 0.2) is 0 Å². The Balaban J connectivity index is 0.00000208. The highest BCUT2D eigenvalue weighted by molar-refractivity contribution is 7.89. The molecule has 0 aromatic heterocycles. The van der Waals surface area contributed by atoms with Crippen LogP contribution in [0.2, 0.25) is 0 Å². The van der Waals surface area contributed by atoms with E-state index in [2.05, 4.69) is 5.32 Å². The largest absolute Gasteiger partial charge is 0.341 e. The molecule has 0 atom stereocenters. The maximum Gasteiger partial charge on any atom is 0.243 e. The van der Waals surface area contributed by atoms with Crippen molar-refractivity contribution in [3.63, 3.8) is 0 Å². The molecule has 2 aliphatic rings. The second-order valence-electron chi connectivity index (χ2n) is 5.89. The van der Waals surface area contributed by atoms with Crippen molar-refractivity contribution >= 4 is 28.3 Å². The second-order valence-corrected chi connectivity index (χ2v) is 7.83. The summed E-state index contributed by atoms with van der Waals surface area (Å²) in [5.74, 6) is -0.342. The molecule has 0 bridgehead atoms. The van der Waals surface area contributed by atoms with Crippen molar-refractivity contribution in [1.29, 1.82) is 0 Å². The lowest BCUT2D eigenvalue weighted by Gasteiger charge is -2.31. The van der Waals surface area contributed by atoms with Gasteiger partial charge in [0.2, 0.25) is 15.9 Å². The van der Waals surface area contributed by atoms with Crippen LogP contribution in [-0.4, -0.2) is 62.8 Å². The quantitative estimate of drug-likeness (QED) is 0.841. The van der Waals surface area contributed by atoms with Crippen LogP contribution in [0.25, 0.3) is 0 Å². The van der Waals surface area contributed by atoms with E-state index in [1.54, 1.807) is 4.90 Å². The van der Waals surface area contributed by atoms with Crippen LogP contribution in [0.4, 0.5) is 4.39 Å². The number of amides is 1. The number of rotatable bonds is 3. The van der Waals surface area contributed by atoms with Crippen LogP contribution in [0.3, 0.4) is 0 Å². The third-order valence-corrected chi connectivity index (χ3v) is 6.26. The third kappa shape index (κ3) is 3.88. The number of carbonyl (C=O) groups excluding carboxylic acids is 1. The summed E-state index contributed by atoms with van der Waals surface area (Å²) >= 11 is 0. The van der Waals surface area contributed by atoms with Gasteiger partial charge in [0.25, 0.3) is 0 Å². The molecule has 2 saturated heterocycles. The topological polar surface area (TPSA) is 69.7 Å². The number of sulfonamides is 1. The predicted octanol–water partition coefficient (Wildman–Crippen LogP) is 0.690. The minimum atomic E-state index is -3.65. The average molecular weight is 378 g/mol. The van der Waals surface area contributed by atoms with Crippen LogP contribution in [0, 0.1) is 11.7 Å². The molecule has 6 nitrogen and oxygen atoms in total. The zero-order valence-corrected chi connectivity index (χ0v) is 14.8. The summed E-state index contributed by atoms with van der Waals surface area (Å²) in [7, 11) is -3.65. The standard InChI is InChI=1S/C15H20FN3O3S.ClH/c16-13-2-4-14(5-3-13)23(21,22)19-7-1-6-18(8-9-19)15(20)12-10-17-11-12;/h2-5,12,17H,1,6-11H2;1H. The van der Waals surface area contributed by atoms with Gasteiger partial charge in [0.05, 0.1) is 10.8 Å². The molecule has 134 valence electrons. The van der Waals surface area contributed by atoms with Crippen LogP contribution in [0.1, 0.15) is 6.42 Å². The van der Waals surface area contributed by atoms with Crippen LogP contribution in [0.5, 0.6) is 0 Å². The van der Waals surface area contributed by atoms with E-state index in [1.807, 2.05) is 0 Å². The molecule has 1 aromatic rings. The summed E-state index contributed by atoms with van der Waals surface area (Å²) in [5, 5.41) is 3.07. The summed E-state index contributed by atoms with van der Waals surface area (Å²) < 4.78 is 39.6. The first-order chi connectivity index (χ1) is 11.0. The lowest BCUT2D eigenvalue weighted by Crippen LogP contribution is -2.52. The number of benzene rings is 1. The van der Waals surface area contributed by atoms with E-state index in [-0.39, 0.29) is 35.7 Å². The number of hydrogen-bond donors (Lipinski definition) is 1. The highest BCUT2D eigenvalue weighted by Gasteiger charge is 2.32. The highest BCUT2D eigenvalue weighted by Crippen LogP contribution is 2.19. The van der Waals surface area contributed by atoms with Crippen molar-refractivity contribution in [3.8, 4) is 0 Å². The highest BCUT2D eigenvalue weighted by atomic mass is 35.5. The van der Waals surface area contributed by atoms with E-state index in [9.17, 15) is 17.6 Å². The Kier molecular flexibility index (Phi) is 6.19. The van der Waals surface area contributed by atoms with Crippen molar-refractivity contribution in [2.24, 2.45) is 5.92 Å². The van der Waals surface area contributed by atoms with E-state index in [4.69, 9.17) is 0 Å². The summed E-state index contributed by atoms with van der Waals surface area (Å²) in [6.07, 6.45) is 0.603. The zero-order valence-electron chi connectivity index (χ0n) is 13.2. The van der Waals surface area contributed by atoms with E-state index in [0.29, 0.717) is 39.1 Å². The Hall–Kier alpha value is -1.22. The van der Waals surface area contributed by atoms with Gasteiger partial charge in [-0.1, -0.05) is 0 Å².